The van der Waals surface area contributed by atoms with E-state index in [9.17, 15) is 4.79 Å². The largest absolute Gasteiger partial charge is 0.493 e. The molecule has 0 aromatic heterocycles. The van der Waals surface area contributed by atoms with Crippen molar-refractivity contribution in [1.82, 2.24) is 0 Å². The van der Waals surface area contributed by atoms with Crippen molar-refractivity contribution >= 4 is 12.0 Å². The molecule has 0 heterocycles. The van der Waals surface area contributed by atoms with Crippen LogP contribution >= 0.6 is 0 Å². The van der Waals surface area contributed by atoms with Crippen LogP contribution in [0, 0.1) is 0 Å². The van der Waals surface area contributed by atoms with Gasteiger partial charge in [0, 0.05) is 17.7 Å². The molecule has 0 aliphatic rings. The van der Waals surface area contributed by atoms with Gasteiger partial charge < -0.3 is 14.6 Å². The van der Waals surface area contributed by atoms with Crippen LogP contribution in [0.1, 0.15) is 45.1 Å². The highest BCUT2D eigenvalue weighted by Crippen LogP contribution is 2.26. The maximum Gasteiger partial charge on any atom is 0.328 e. The second kappa shape index (κ2) is 9.86. The number of unbranched alkanes of at least 4 members (excludes halogenated alkanes) is 2. The topological polar surface area (TPSA) is 55.8 Å². The van der Waals surface area contributed by atoms with E-state index in [2.05, 4.69) is 13.8 Å². The Morgan fingerprint density at radius 2 is 1.81 bits per heavy atom. The molecule has 0 fully saturated rings. The third kappa shape index (κ3) is 6.84. The van der Waals surface area contributed by atoms with Gasteiger partial charge in [0.05, 0.1) is 13.2 Å². The van der Waals surface area contributed by atoms with Crippen LogP contribution in [-0.4, -0.2) is 24.3 Å². The second-order valence-electron chi connectivity index (χ2n) is 4.78. The highest BCUT2D eigenvalue weighted by molar-refractivity contribution is 5.86. The van der Waals surface area contributed by atoms with Crippen LogP contribution in [0.5, 0.6) is 11.5 Å². The van der Waals surface area contributed by atoms with E-state index in [-0.39, 0.29) is 0 Å². The molecule has 4 nitrogen and oxygen atoms in total. The second-order valence-corrected chi connectivity index (χ2v) is 4.78. The Bertz CT molecular complexity index is 466. The molecule has 0 unspecified atom stereocenters. The summed E-state index contributed by atoms with van der Waals surface area (Å²) >= 11 is 0. The SMILES string of the molecule is CCCCOc1ccc(C=CC(=O)O)c(OCCCC)c1. The summed E-state index contributed by atoms with van der Waals surface area (Å²) in [6.45, 7) is 5.50. The number of hydrogen-bond acceptors (Lipinski definition) is 3. The van der Waals surface area contributed by atoms with Crippen molar-refractivity contribution in [2.24, 2.45) is 0 Å². The maximum atomic E-state index is 10.6. The normalized spacial score (nSPS) is 10.8. The van der Waals surface area contributed by atoms with Crippen molar-refractivity contribution in [3.8, 4) is 11.5 Å². The fourth-order valence-corrected chi connectivity index (χ4v) is 1.69. The molecule has 4 heteroatoms. The van der Waals surface area contributed by atoms with Crippen LogP contribution in [0.3, 0.4) is 0 Å². The lowest BCUT2D eigenvalue weighted by Gasteiger charge is -2.12. The summed E-state index contributed by atoms with van der Waals surface area (Å²) in [5.74, 6) is 0.440. The highest BCUT2D eigenvalue weighted by atomic mass is 16.5. The molecule has 116 valence electrons. The van der Waals surface area contributed by atoms with Gasteiger partial charge in [-0.3, -0.25) is 0 Å². The number of aliphatic carboxylic acids is 1. The number of hydrogen-bond donors (Lipinski definition) is 1. The van der Waals surface area contributed by atoms with Crippen molar-refractivity contribution in [2.45, 2.75) is 39.5 Å². The van der Waals surface area contributed by atoms with Gasteiger partial charge in [-0.05, 0) is 31.1 Å². The van der Waals surface area contributed by atoms with Gasteiger partial charge in [-0.15, -0.1) is 0 Å². The fraction of sp³-hybridized carbons (Fsp3) is 0.471. The Morgan fingerprint density at radius 3 is 2.43 bits per heavy atom. The standard InChI is InChI=1S/C17H24O4/c1-3-5-11-20-15-9-7-14(8-10-17(18)19)16(13-15)21-12-6-4-2/h7-10,13H,3-6,11-12H2,1-2H3,(H,18,19). The Balaban J connectivity index is 2.82. The summed E-state index contributed by atoms with van der Waals surface area (Å²) < 4.78 is 11.4. The molecular formula is C17H24O4. The highest BCUT2D eigenvalue weighted by Gasteiger charge is 2.05. The van der Waals surface area contributed by atoms with Crippen LogP contribution in [-0.2, 0) is 4.79 Å². The van der Waals surface area contributed by atoms with Gasteiger partial charge in [0.2, 0.25) is 0 Å². The number of rotatable bonds is 10. The first-order chi connectivity index (χ1) is 10.2. The molecule has 1 aromatic rings. The summed E-state index contributed by atoms with van der Waals surface area (Å²) in [6.07, 6.45) is 6.75. The Kier molecular flexibility index (Phi) is 8.02. The zero-order valence-corrected chi connectivity index (χ0v) is 12.8. The summed E-state index contributed by atoms with van der Waals surface area (Å²) in [5.41, 5.74) is 0.747. The first kappa shape index (κ1) is 17.1. The van der Waals surface area contributed by atoms with Crippen LogP contribution < -0.4 is 9.47 Å². The fourth-order valence-electron chi connectivity index (χ4n) is 1.69. The predicted octanol–water partition coefficient (Wildman–Crippen LogP) is 4.14. The average molecular weight is 292 g/mol. The first-order valence-electron chi connectivity index (χ1n) is 7.48. The molecule has 0 spiro atoms. The van der Waals surface area contributed by atoms with Gasteiger partial charge in [-0.2, -0.15) is 0 Å². The molecule has 0 aliphatic heterocycles. The van der Waals surface area contributed by atoms with E-state index in [1.54, 1.807) is 6.08 Å². The van der Waals surface area contributed by atoms with E-state index in [4.69, 9.17) is 14.6 Å². The number of carboxylic acids is 1. The molecule has 1 aromatic carbocycles. The van der Waals surface area contributed by atoms with Crippen LogP contribution in [0.15, 0.2) is 24.3 Å². The van der Waals surface area contributed by atoms with Gasteiger partial charge in [0.25, 0.3) is 0 Å². The number of carboxylic acid groups (broad SMARTS) is 1. The Morgan fingerprint density at radius 1 is 1.14 bits per heavy atom. The molecular weight excluding hydrogens is 268 g/mol. The van der Waals surface area contributed by atoms with Crippen molar-refractivity contribution in [2.75, 3.05) is 13.2 Å². The molecule has 0 atom stereocenters. The molecule has 1 N–H and O–H groups in total. The molecule has 0 aliphatic carbocycles. The number of benzene rings is 1. The number of carbonyl (C=O) groups is 1. The van der Waals surface area contributed by atoms with Crippen molar-refractivity contribution in [3.63, 3.8) is 0 Å². The lowest BCUT2D eigenvalue weighted by atomic mass is 10.1. The minimum absolute atomic E-state index is 0.614. The summed E-state index contributed by atoms with van der Waals surface area (Å²) in [6, 6.07) is 5.48. The minimum atomic E-state index is -0.974. The third-order valence-corrected chi connectivity index (χ3v) is 2.91. The van der Waals surface area contributed by atoms with E-state index >= 15 is 0 Å². The molecule has 21 heavy (non-hydrogen) atoms. The van der Waals surface area contributed by atoms with E-state index in [1.165, 1.54) is 0 Å². The first-order valence-corrected chi connectivity index (χ1v) is 7.48. The molecule has 0 saturated heterocycles. The van der Waals surface area contributed by atoms with Crippen LogP contribution in [0.4, 0.5) is 0 Å². The average Bonchev–Trinajstić information content (AvgIpc) is 2.47. The van der Waals surface area contributed by atoms with Gasteiger partial charge in [-0.1, -0.05) is 26.7 Å². The van der Waals surface area contributed by atoms with E-state index in [0.29, 0.717) is 19.0 Å². The minimum Gasteiger partial charge on any atom is -0.493 e. The maximum absolute atomic E-state index is 10.6. The molecule has 0 amide bonds. The molecule has 0 saturated carbocycles. The van der Waals surface area contributed by atoms with Gasteiger partial charge >= 0.3 is 5.97 Å². The van der Waals surface area contributed by atoms with E-state index < -0.39 is 5.97 Å². The zero-order chi connectivity index (χ0) is 15.5. The van der Waals surface area contributed by atoms with E-state index in [0.717, 1.165) is 43.1 Å². The van der Waals surface area contributed by atoms with Crippen molar-refractivity contribution in [1.29, 1.82) is 0 Å². The van der Waals surface area contributed by atoms with Crippen molar-refractivity contribution in [3.05, 3.63) is 29.8 Å². The lowest BCUT2D eigenvalue weighted by Crippen LogP contribution is -2.01. The van der Waals surface area contributed by atoms with Crippen molar-refractivity contribution < 1.29 is 19.4 Å². The summed E-state index contributed by atoms with van der Waals surface area (Å²) in [4.78, 5) is 10.6. The summed E-state index contributed by atoms with van der Waals surface area (Å²) in [7, 11) is 0. The van der Waals surface area contributed by atoms with Crippen LogP contribution in [0.25, 0.3) is 6.08 Å². The number of ether oxygens (including phenoxy) is 2. The molecule has 0 radical (unpaired) electrons. The zero-order valence-electron chi connectivity index (χ0n) is 12.8. The predicted molar refractivity (Wildman–Crippen MR) is 83.9 cm³/mol. The Labute approximate surface area is 126 Å². The van der Waals surface area contributed by atoms with Gasteiger partial charge in [0.15, 0.2) is 0 Å². The third-order valence-electron chi connectivity index (χ3n) is 2.91. The van der Waals surface area contributed by atoms with E-state index in [1.807, 2.05) is 18.2 Å². The van der Waals surface area contributed by atoms with Gasteiger partial charge in [-0.25, -0.2) is 4.79 Å². The Hall–Kier alpha value is -1.97. The molecule has 0 bridgehead atoms. The monoisotopic (exact) mass is 292 g/mol. The lowest BCUT2D eigenvalue weighted by molar-refractivity contribution is -0.131. The smallest absolute Gasteiger partial charge is 0.328 e. The molecule has 1 rings (SSSR count). The summed E-state index contributed by atoms with van der Waals surface area (Å²) in [5, 5.41) is 8.73. The van der Waals surface area contributed by atoms with Gasteiger partial charge in [0.1, 0.15) is 11.5 Å². The quantitative estimate of drug-likeness (QED) is 0.520. The van der Waals surface area contributed by atoms with Crippen LogP contribution in [0.2, 0.25) is 0 Å².